The van der Waals surface area contributed by atoms with E-state index in [1.54, 1.807) is 7.11 Å². The Labute approximate surface area is 116 Å². The molecule has 0 aliphatic carbocycles. The van der Waals surface area contributed by atoms with Gasteiger partial charge in [0.2, 0.25) is 0 Å². The zero-order valence-electron chi connectivity index (χ0n) is 12.7. The Kier molecular flexibility index (Phi) is 4.35. The Morgan fingerprint density at radius 1 is 1.37 bits per heavy atom. The van der Waals surface area contributed by atoms with E-state index in [2.05, 4.69) is 56.1 Å². The highest BCUT2D eigenvalue weighted by atomic mass is 16.5. The minimum Gasteiger partial charge on any atom is -0.496 e. The molecule has 0 amide bonds. The van der Waals surface area contributed by atoms with Gasteiger partial charge in [0.25, 0.3) is 0 Å². The number of anilines is 1. The molecule has 1 aliphatic rings. The van der Waals surface area contributed by atoms with Crippen molar-refractivity contribution in [3.8, 4) is 5.75 Å². The van der Waals surface area contributed by atoms with Crippen molar-refractivity contribution in [2.45, 2.75) is 39.8 Å². The molecule has 2 atom stereocenters. The molecule has 19 heavy (non-hydrogen) atoms. The lowest BCUT2D eigenvalue weighted by Gasteiger charge is -2.43. The monoisotopic (exact) mass is 262 g/mol. The van der Waals surface area contributed by atoms with E-state index in [9.17, 15) is 0 Å². The van der Waals surface area contributed by atoms with Crippen molar-refractivity contribution >= 4 is 5.69 Å². The molecule has 0 aromatic heterocycles. The first-order valence-corrected chi connectivity index (χ1v) is 7.17. The third kappa shape index (κ3) is 3.03. The predicted octanol–water partition coefficient (Wildman–Crippen LogP) is 2.83. The highest BCUT2D eigenvalue weighted by molar-refractivity contribution is 5.54. The quantitative estimate of drug-likeness (QED) is 0.906. The van der Waals surface area contributed by atoms with Gasteiger partial charge < -0.3 is 15.0 Å². The lowest BCUT2D eigenvalue weighted by molar-refractivity contribution is 0.349. The summed E-state index contributed by atoms with van der Waals surface area (Å²) in [4.78, 5) is 2.54. The second-order valence-corrected chi connectivity index (χ2v) is 5.93. The van der Waals surface area contributed by atoms with Crippen LogP contribution in [0.5, 0.6) is 5.75 Å². The molecule has 1 fully saturated rings. The van der Waals surface area contributed by atoms with Gasteiger partial charge >= 0.3 is 0 Å². The molecule has 0 saturated carbocycles. The molecule has 2 unspecified atom stereocenters. The number of benzene rings is 1. The van der Waals surface area contributed by atoms with Crippen molar-refractivity contribution in [1.29, 1.82) is 0 Å². The second-order valence-electron chi connectivity index (χ2n) is 5.93. The molecular weight excluding hydrogens is 236 g/mol. The number of methoxy groups -OCH3 is 1. The number of hydrogen-bond acceptors (Lipinski definition) is 3. The van der Waals surface area contributed by atoms with Crippen molar-refractivity contribution in [2.24, 2.45) is 5.92 Å². The number of piperazine rings is 1. The molecule has 0 spiro atoms. The minimum absolute atomic E-state index is 0.539. The van der Waals surface area contributed by atoms with E-state index in [1.165, 1.54) is 11.3 Å². The van der Waals surface area contributed by atoms with Gasteiger partial charge in [-0.3, -0.25) is 0 Å². The zero-order chi connectivity index (χ0) is 14.0. The molecule has 1 saturated heterocycles. The first-order chi connectivity index (χ1) is 9.02. The first kappa shape index (κ1) is 14.2. The van der Waals surface area contributed by atoms with Crippen molar-refractivity contribution in [2.75, 3.05) is 25.1 Å². The predicted molar refractivity (Wildman–Crippen MR) is 81.2 cm³/mol. The summed E-state index contributed by atoms with van der Waals surface area (Å²) in [6.07, 6.45) is 0. The Morgan fingerprint density at radius 3 is 2.68 bits per heavy atom. The van der Waals surface area contributed by atoms with E-state index < -0.39 is 0 Å². The van der Waals surface area contributed by atoms with E-state index >= 15 is 0 Å². The van der Waals surface area contributed by atoms with Crippen LogP contribution in [0, 0.1) is 12.8 Å². The highest BCUT2D eigenvalue weighted by Crippen LogP contribution is 2.28. The summed E-state index contributed by atoms with van der Waals surface area (Å²) in [6.45, 7) is 11.1. The lowest BCUT2D eigenvalue weighted by atomic mass is 9.97. The fourth-order valence-electron chi connectivity index (χ4n) is 2.86. The van der Waals surface area contributed by atoms with Gasteiger partial charge in [0.1, 0.15) is 5.75 Å². The van der Waals surface area contributed by atoms with Crippen molar-refractivity contribution < 1.29 is 4.74 Å². The Bertz CT molecular complexity index is 431. The summed E-state index contributed by atoms with van der Waals surface area (Å²) >= 11 is 0. The first-order valence-electron chi connectivity index (χ1n) is 7.17. The molecular formula is C16H26N2O. The highest BCUT2D eigenvalue weighted by Gasteiger charge is 2.28. The van der Waals surface area contributed by atoms with Crippen LogP contribution < -0.4 is 15.0 Å². The summed E-state index contributed by atoms with van der Waals surface area (Å²) in [5, 5.41) is 3.58. The summed E-state index contributed by atoms with van der Waals surface area (Å²) in [5.41, 5.74) is 2.51. The third-order valence-corrected chi connectivity index (χ3v) is 4.03. The molecule has 0 bridgehead atoms. The van der Waals surface area contributed by atoms with Gasteiger partial charge in [-0.25, -0.2) is 0 Å². The van der Waals surface area contributed by atoms with Crippen LogP contribution in [0.3, 0.4) is 0 Å². The Balaban J connectivity index is 2.28. The summed E-state index contributed by atoms with van der Waals surface area (Å²) in [7, 11) is 1.73. The smallest absolute Gasteiger partial charge is 0.121 e. The standard InChI is InChI=1S/C16H26N2O/c1-11(2)15-9-17-13(4)10-18(15)14-6-7-16(19-5)12(3)8-14/h6-8,11,13,15,17H,9-10H2,1-5H3. The lowest BCUT2D eigenvalue weighted by Crippen LogP contribution is -2.57. The number of nitrogens with one attached hydrogen (secondary N) is 1. The molecule has 3 heteroatoms. The van der Waals surface area contributed by atoms with E-state index in [0.717, 1.165) is 18.8 Å². The van der Waals surface area contributed by atoms with Gasteiger partial charge in [-0.15, -0.1) is 0 Å². The number of nitrogens with zero attached hydrogens (tertiary/aromatic N) is 1. The van der Waals surface area contributed by atoms with Crippen LogP contribution in [0.15, 0.2) is 18.2 Å². The third-order valence-electron chi connectivity index (χ3n) is 4.03. The maximum Gasteiger partial charge on any atom is 0.121 e. The van der Waals surface area contributed by atoms with Gasteiger partial charge in [0, 0.05) is 30.9 Å². The van der Waals surface area contributed by atoms with Gasteiger partial charge in [-0.05, 0) is 43.5 Å². The van der Waals surface area contributed by atoms with Crippen molar-refractivity contribution in [1.82, 2.24) is 5.32 Å². The van der Waals surface area contributed by atoms with Crippen LogP contribution in [0.1, 0.15) is 26.3 Å². The normalized spacial score (nSPS) is 23.8. The molecule has 1 aromatic carbocycles. The number of rotatable bonds is 3. The van der Waals surface area contributed by atoms with Gasteiger partial charge in [-0.2, -0.15) is 0 Å². The molecule has 1 aliphatic heterocycles. The molecule has 1 N–H and O–H groups in total. The molecule has 0 radical (unpaired) electrons. The maximum atomic E-state index is 5.35. The molecule has 106 valence electrons. The second kappa shape index (κ2) is 5.83. The maximum absolute atomic E-state index is 5.35. The molecule has 3 nitrogen and oxygen atoms in total. The van der Waals surface area contributed by atoms with E-state index in [-0.39, 0.29) is 0 Å². The topological polar surface area (TPSA) is 24.5 Å². The summed E-state index contributed by atoms with van der Waals surface area (Å²) < 4.78 is 5.35. The molecule has 1 heterocycles. The summed E-state index contributed by atoms with van der Waals surface area (Å²) in [6, 6.07) is 7.60. The average Bonchev–Trinajstić information content (AvgIpc) is 2.38. The number of hydrogen-bond donors (Lipinski definition) is 1. The molecule has 1 aromatic rings. The van der Waals surface area contributed by atoms with Gasteiger partial charge in [0.15, 0.2) is 0 Å². The molecule has 2 rings (SSSR count). The van der Waals surface area contributed by atoms with Crippen LogP contribution in [-0.4, -0.2) is 32.3 Å². The van der Waals surface area contributed by atoms with Crippen molar-refractivity contribution in [3.05, 3.63) is 23.8 Å². The van der Waals surface area contributed by atoms with Gasteiger partial charge in [-0.1, -0.05) is 13.8 Å². The fourth-order valence-corrected chi connectivity index (χ4v) is 2.86. The van der Waals surface area contributed by atoms with E-state index in [1.807, 2.05) is 0 Å². The number of ether oxygens (including phenoxy) is 1. The Morgan fingerprint density at radius 2 is 2.11 bits per heavy atom. The fraction of sp³-hybridized carbons (Fsp3) is 0.625. The summed E-state index contributed by atoms with van der Waals surface area (Å²) in [5.74, 6) is 1.61. The minimum atomic E-state index is 0.539. The number of aryl methyl sites for hydroxylation is 1. The average molecular weight is 262 g/mol. The van der Waals surface area contributed by atoms with E-state index in [4.69, 9.17) is 4.74 Å². The largest absolute Gasteiger partial charge is 0.496 e. The van der Waals surface area contributed by atoms with Crippen LogP contribution in [0.2, 0.25) is 0 Å². The van der Waals surface area contributed by atoms with Crippen LogP contribution in [0.25, 0.3) is 0 Å². The zero-order valence-corrected chi connectivity index (χ0v) is 12.7. The Hall–Kier alpha value is -1.22. The van der Waals surface area contributed by atoms with Crippen LogP contribution >= 0.6 is 0 Å². The van der Waals surface area contributed by atoms with Gasteiger partial charge in [0.05, 0.1) is 7.11 Å². The van der Waals surface area contributed by atoms with Crippen LogP contribution in [-0.2, 0) is 0 Å². The van der Waals surface area contributed by atoms with E-state index in [0.29, 0.717) is 18.0 Å². The van der Waals surface area contributed by atoms with Crippen LogP contribution in [0.4, 0.5) is 5.69 Å². The van der Waals surface area contributed by atoms with Crippen molar-refractivity contribution in [3.63, 3.8) is 0 Å². The SMILES string of the molecule is COc1ccc(N2CC(C)NCC2C(C)C)cc1C.